The van der Waals surface area contributed by atoms with Gasteiger partial charge in [0.2, 0.25) is 0 Å². The number of carbonyl (C=O) groups is 3. The first kappa shape index (κ1) is 33.6. The third kappa shape index (κ3) is 18.9. The summed E-state index contributed by atoms with van der Waals surface area (Å²) in [6.45, 7) is 14.3. The summed E-state index contributed by atoms with van der Waals surface area (Å²) >= 11 is 0. The summed E-state index contributed by atoms with van der Waals surface area (Å²) in [5.74, 6) is -1.18. The minimum Gasteiger partial charge on any atom is -0.465 e. The van der Waals surface area contributed by atoms with Crippen LogP contribution < -0.4 is 0 Å². The lowest BCUT2D eigenvalue weighted by Gasteiger charge is -2.26. The Bertz CT molecular complexity index is 704. The van der Waals surface area contributed by atoms with E-state index in [-0.39, 0.29) is 31.3 Å². The van der Waals surface area contributed by atoms with Crippen molar-refractivity contribution in [3.05, 3.63) is 36.5 Å². The van der Waals surface area contributed by atoms with Crippen molar-refractivity contribution < 1.29 is 28.6 Å². The fourth-order valence-corrected chi connectivity index (χ4v) is 3.54. The Morgan fingerprint density at radius 2 is 1.61 bits per heavy atom. The summed E-state index contributed by atoms with van der Waals surface area (Å²) in [5, 5.41) is 0. The monoisotopic (exact) mass is 506 g/mol. The van der Waals surface area contributed by atoms with E-state index in [1.54, 1.807) is 6.08 Å². The summed E-state index contributed by atoms with van der Waals surface area (Å²) in [7, 11) is 0. The molecule has 0 saturated heterocycles. The van der Waals surface area contributed by atoms with Crippen molar-refractivity contribution >= 4 is 17.9 Å². The van der Waals surface area contributed by atoms with E-state index in [0.717, 1.165) is 38.5 Å². The molecule has 36 heavy (non-hydrogen) atoms. The molecule has 0 amide bonds. The first-order valence-electron chi connectivity index (χ1n) is 13.6. The molecule has 0 fully saturated rings. The van der Waals surface area contributed by atoms with Crippen LogP contribution in [-0.2, 0) is 28.6 Å². The second-order valence-electron chi connectivity index (χ2n) is 9.70. The van der Waals surface area contributed by atoms with E-state index in [9.17, 15) is 14.4 Å². The lowest BCUT2D eigenvalue weighted by molar-refractivity contribution is -0.158. The van der Waals surface area contributed by atoms with Crippen LogP contribution >= 0.6 is 0 Å². The average Bonchev–Trinajstić information content (AvgIpc) is 2.83. The Balaban J connectivity index is 4.68. The number of hydrogen-bond acceptors (Lipinski definition) is 6. The van der Waals surface area contributed by atoms with Crippen molar-refractivity contribution in [2.75, 3.05) is 6.61 Å². The highest BCUT2D eigenvalue weighted by molar-refractivity contribution is 5.77. The fraction of sp³-hybridized carbons (Fsp3) is 0.700. The summed E-state index contributed by atoms with van der Waals surface area (Å²) in [6, 6.07) is 0. The Hall–Kier alpha value is -2.37. The van der Waals surface area contributed by atoms with Gasteiger partial charge in [-0.3, -0.25) is 14.4 Å². The molecule has 0 aromatic rings. The first-order chi connectivity index (χ1) is 17.2. The minimum absolute atomic E-state index is 0.00963. The maximum absolute atomic E-state index is 12.6. The highest BCUT2D eigenvalue weighted by Crippen LogP contribution is 2.22. The van der Waals surface area contributed by atoms with Crippen molar-refractivity contribution in [1.82, 2.24) is 0 Å². The maximum Gasteiger partial charge on any atom is 0.306 e. The Kier molecular flexibility index (Phi) is 19.4. The van der Waals surface area contributed by atoms with Gasteiger partial charge in [-0.15, -0.1) is 0 Å². The molecule has 0 N–H and O–H groups in total. The molecule has 0 aromatic carbocycles. The molecule has 206 valence electrons. The lowest BCUT2D eigenvalue weighted by atomic mass is 9.99. The molecule has 2 atom stereocenters. The first-order valence-corrected chi connectivity index (χ1v) is 13.6. The molecule has 0 spiro atoms. The largest absolute Gasteiger partial charge is 0.465 e. The van der Waals surface area contributed by atoms with E-state index in [1.165, 1.54) is 5.57 Å². The lowest BCUT2D eigenvalue weighted by Crippen LogP contribution is -2.30. The standard InChI is InChI=1S/C30H50O6/c1-7-10-12-14-18-26(35-28(32)22-21-27(31)34-24-15-13-11-8-2)19-20-29(33)36-30(6,9-3)23-16-17-25(4)5/h9,11,13,17,26H,3,7-8,10,12,14-16,18-24H2,1-2,4-6H3. The Labute approximate surface area is 219 Å². The zero-order chi connectivity index (χ0) is 27.2. The van der Waals surface area contributed by atoms with Crippen LogP contribution in [0.2, 0.25) is 0 Å². The van der Waals surface area contributed by atoms with E-state index >= 15 is 0 Å². The van der Waals surface area contributed by atoms with Gasteiger partial charge in [0.25, 0.3) is 0 Å². The molecule has 6 nitrogen and oxygen atoms in total. The number of rotatable bonds is 21. The van der Waals surface area contributed by atoms with Crippen molar-refractivity contribution in [3.63, 3.8) is 0 Å². The molecule has 0 radical (unpaired) electrons. The number of carbonyl (C=O) groups excluding carboxylic acids is 3. The van der Waals surface area contributed by atoms with Gasteiger partial charge in [-0.2, -0.15) is 0 Å². The van der Waals surface area contributed by atoms with Gasteiger partial charge in [0, 0.05) is 6.42 Å². The number of esters is 3. The van der Waals surface area contributed by atoms with E-state index in [2.05, 4.69) is 19.6 Å². The number of ether oxygens (including phenoxy) is 3. The van der Waals surface area contributed by atoms with Gasteiger partial charge in [0.15, 0.2) is 0 Å². The molecule has 0 aliphatic heterocycles. The van der Waals surface area contributed by atoms with Crippen molar-refractivity contribution in [2.45, 2.75) is 130 Å². The fourth-order valence-electron chi connectivity index (χ4n) is 3.54. The molecule has 0 aromatic heterocycles. The molecule has 0 aliphatic carbocycles. The van der Waals surface area contributed by atoms with Gasteiger partial charge in [0.05, 0.1) is 19.4 Å². The molecule has 0 saturated carbocycles. The van der Waals surface area contributed by atoms with Crippen LogP contribution in [0.1, 0.15) is 118 Å². The average molecular weight is 507 g/mol. The molecular weight excluding hydrogens is 456 g/mol. The maximum atomic E-state index is 12.6. The van der Waals surface area contributed by atoms with Gasteiger partial charge in [-0.05, 0) is 71.8 Å². The second kappa shape index (κ2) is 20.8. The molecule has 0 aliphatic rings. The molecule has 0 bridgehead atoms. The van der Waals surface area contributed by atoms with E-state index in [4.69, 9.17) is 14.2 Å². The van der Waals surface area contributed by atoms with Gasteiger partial charge in [0.1, 0.15) is 11.7 Å². The van der Waals surface area contributed by atoms with Gasteiger partial charge < -0.3 is 14.2 Å². The van der Waals surface area contributed by atoms with Gasteiger partial charge in [-0.25, -0.2) is 0 Å². The molecule has 0 rings (SSSR count). The summed E-state index contributed by atoms with van der Waals surface area (Å²) in [5.41, 5.74) is 0.487. The van der Waals surface area contributed by atoms with Crippen molar-refractivity contribution in [3.8, 4) is 0 Å². The van der Waals surface area contributed by atoms with Gasteiger partial charge >= 0.3 is 17.9 Å². The summed E-state index contributed by atoms with van der Waals surface area (Å²) < 4.78 is 16.5. The topological polar surface area (TPSA) is 78.9 Å². The van der Waals surface area contributed by atoms with Crippen LogP contribution in [0.25, 0.3) is 0 Å². The van der Waals surface area contributed by atoms with Crippen LogP contribution in [0, 0.1) is 0 Å². The zero-order valence-corrected chi connectivity index (χ0v) is 23.4. The van der Waals surface area contributed by atoms with Gasteiger partial charge in [-0.1, -0.05) is 63.5 Å². The van der Waals surface area contributed by atoms with Crippen LogP contribution in [0.4, 0.5) is 0 Å². The van der Waals surface area contributed by atoms with Crippen LogP contribution in [-0.4, -0.2) is 36.2 Å². The van der Waals surface area contributed by atoms with Crippen LogP contribution in [0.3, 0.4) is 0 Å². The number of hydrogen-bond donors (Lipinski definition) is 0. The minimum atomic E-state index is -0.733. The summed E-state index contributed by atoms with van der Waals surface area (Å²) in [4.78, 5) is 36.8. The molecule has 2 unspecified atom stereocenters. The third-order valence-corrected chi connectivity index (χ3v) is 5.80. The highest BCUT2D eigenvalue weighted by atomic mass is 16.6. The smallest absolute Gasteiger partial charge is 0.306 e. The zero-order valence-electron chi connectivity index (χ0n) is 23.4. The second-order valence-corrected chi connectivity index (χ2v) is 9.70. The van der Waals surface area contributed by atoms with Crippen LogP contribution in [0.5, 0.6) is 0 Å². The predicted octanol–water partition coefficient (Wildman–Crippen LogP) is 7.56. The highest BCUT2D eigenvalue weighted by Gasteiger charge is 2.25. The van der Waals surface area contributed by atoms with Crippen molar-refractivity contribution in [2.24, 2.45) is 0 Å². The van der Waals surface area contributed by atoms with E-state index in [0.29, 0.717) is 32.3 Å². The Morgan fingerprint density at radius 3 is 2.25 bits per heavy atom. The Morgan fingerprint density at radius 1 is 0.889 bits per heavy atom. The van der Waals surface area contributed by atoms with Crippen molar-refractivity contribution in [1.29, 1.82) is 0 Å². The third-order valence-electron chi connectivity index (χ3n) is 5.80. The van der Waals surface area contributed by atoms with E-state index < -0.39 is 17.5 Å². The quantitative estimate of drug-likeness (QED) is 0.0691. The van der Waals surface area contributed by atoms with E-state index in [1.807, 2.05) is 39.8 Å². The SMILES string of the molecule is C=CC(C)(CCC=C(C)C)OC(=O)CCC(CCCCCC)OC(=O)CCC(=O)OCCC=CCC. The molecule has 0 heterocycles. The normalized spacial score (nSPS) is 13.5. The molecular formula is C30H50O6. The predicted molar refractivity (Wildman–Crippen MR) is 145 cm³/mol. The van der Waals surface area contributed by atoms with Crippen LogP contribution in [0.15, 0.2) is 36.5 Å². The number of unbranched alkanes of at least 4 members (excludes halogenated alkanes) is 3. The number of allylic oxidation sites excluding steroid dienone is 3. The summed E-state index contributed by atoms with van der Waals surface area (Å²) in [6.07, 6.45) is 15.9. The molecule has 6 heteroatoms.